The van der Waals surface area contributed by atoms with Crippen molar-refractivity contribution in [3.63, 3.8) is 0 Å². The van der Waals surface area contributed by atoms with Gasteiger partial charge in [0.05, 0.1) is 0 Å². The number of nitrogens with zero attached hydrogens (tertiary/aromatic N) is 1. The molecule has 1 aliphatic rings. The van der Waals surface area contributed by atoms with E-state index in [0.29, 0.717) is 51.5 Å². The number of carboxylic acids is 1. The van der Waals surface area contributed by atoms with Crippen LogP contribution in [0.15, 0.2) is 35.2 Å². The van der Waals surface area contributed by atoms with Gasteiger partial charge in [-0.15, -0.1) is 0 Å². The van der Waals surface area contributed by atoms with Crippen molar-refractivity contribution in [2.24, 2.45) is 5.92 Å². The van der Waals surface area contributed by atoms with Crippen LogP contribution in [0.3, 0.4) is 0 Å². The molecular weight excluding hydrogens is 709 g/mol. The van der Waals surface area contributed by atoms with E-state index in [-0.39, 0.29) is 36.5 Å². The molecule has 1 aliphatic heterocycles. The molecule has 2 atom stereocenters. The first-order chi connectivity index (χ1) is 10.7. The van der Waals surface area contributed by atoms with E-state index in [9.17, 15) is 23.1 Å². The van der Waals surface area contributed by atoms with Gasteiger partial charge in [0.15, 0.2) is 0 Å². The van der Waals surface area contributed by atoms with Gasteiger partial charge in [-0.1, -0.05) is 0 Å². The number of carbonyl (C=O) groups is 2. The standard InChI is InChI=1S/C14H15NO5S.2Pb/c1-10(16)15-8-11(7-13(15)14(17)18)9-21(19,20)12-5-3-2-4-6-12;;/h1-6,11,13H,7-9H2,(H,17,18);;. The molecule has 0 saturated carbocycles. The number of hydrogen-bond donors (Lipinski definition) is 1. The Labute approximate surface area is 166 Å². The Bertz CT molecular complexity index is 692. The summed E-state index contributed by atoms with van der Waals surface area (Å²) in [6, 6.07) is 7.23. The fourth-order valence-corrected chi connectivity index (χ4v) is 5.64. The molecule has 9 heteroatoms. The number of rotatable bonds is 5. The summed E-state index contributed by atoms with van der Waals surface area (Å²) in [5, 5.41) is 9.33. The van der Waals surface area contributed by atoms with Crippen molar-refractivity contribution in [3.05, 3.63) is 30.3 Å². The summed E-state index contributed by atoms with van der Waals surface area (Å²) in [6.45, 7) is 0.211. The van der Waals surface area contributed by atoms with Gasteiger partial charge in [0.2, 0.25) is 0 Å². The first-order valence-corrected chi connectivity index (χ1v) is 13.1. The second-order valence-electron chi connectivity index (χ2n) is 5.47. The number of hydrogen-bond acceptors (Lipinski definition) is 4. The number of carboxylic acid groups (broad SMARTS) is 1. The van der Waals surface area contributed by atoms with Gasteiger partial charge in [0, 0.05) is 0 Å². The fraction of sp³-hybridized carbons (Fsp3) is 0.429. The van der Waals surface area contributed by atoms with Crippen LogP contribution in [-0.2, 0) is 19.4 Å². The normalized spacial score (nSPS) is 21.6. The average molecular weight is 724 g/mol. The molecule has 1 heterocycles. The molecule has 1 aromatic rings. The molecule has 1 amide bonds. The van der Waals surface area contributed by atoms with Crippen molar-refractivity contribution in [1.82, 2.24) is 4.90 Å². The van der Waals surface area contributed by atoms with Gasteiger partial charge >= 0.3 is 168 Å². The van der Waals surface area contributed by atoms with Gasteiger partial charge in [-0.3, -0.25) is 0 Å². The predicted molar refractivity (Wildman–Crippen MR) is 85.0 cm³/mol. The number of carbonyl (C=O) groups excluding carboxylic acids is 1. The zero-order chi connectivity index (χ0) is 17.2. The van der Waals surface area contributed by atoms with E-state index in [2.05, 4.69) is 0 Å². The van der Waals surface area contributed by atoms with Crippen molar-refractivity contribution in [3.8, 4) is 0 Å². The molecule has 23 heavy (non-hydrogen) atoms. The first kappa shape index (κ1) is 19.3. The third-order valence-electron chi connectivity index (χ3n) is 3.76. The first-order valence-electron chi connectivity index (χ1n) is 6.95. The summed E-state index contributed by atoms with van der Waals surface area (Å²) in [7, 11) is -3.48. The molecule has 1 aromatic carbocycles. The Morgan fingerprint density at radius 1 is 1.26 bits per heavy atom. The molecule has 1 saturated heterocycles. The van der Waals surface area contributed by atoms with Gasteiger partial charge in [0.25, 0.3) is 0 Å². The molecule has 1 N–H and O–H groups in total. The van der Waals surface area contributed by atoms with Crippen LogP contribution in [0.1, 0.15) is 6.42 Å². The Morgan fingerprint density at radius 2 is 1.87 bits per heavy atom. The van der Waals surface area contributed by atoms with Gasteiger partial charge in [-0.2, -0.15) is 0 Å². The van der Waals surface area contributed by atoms with Crippen LogP contribution in [-0.4, -0.2) is 100 Å². The minimum atomic E-state index is -3.48. The third-order valence-corrected chi connectivity index (χ3v) is 7.58. The van der Waals surface area contributed by atoms with E-state index in [4.69, 9.17) is 0 Å². The molecule has 6 radical (unpaired) electrons. The van der Waals surface area contributed by atoms with Gasteiger partial charge < -0.3 is 0 Å². The maximum absolute atomic E-state index is 12.4. The fourth-order valence-electron chi connectivity index (χ4n) is 2.72. The van der Waals surface area contributed by atoms with Gasteiger partial charge in [-0.25, -0.2) is 0 Å². The summed E-state index contributed by atoms with van der Waals surface area (Å²) in [6.07, 6.45) is 0.197. The molecule has 2 rings (SSSR count). The second-order valence-corrected chi connectivity index (χ2v) is 20.7. The van der Waals surface area contributed by atoms with Crippen LogP contribution in [0.5, 0.6) is 0 Å². The zero-order valence-corrected chi connectivity index (χ0v) is 20.8. The number of sulfone groups is 1. The molecule has 1 fully saturated rings. The predicted octanol–water partition coefficient (Wildman–Crippen LogP) is -0.155. The van der Waals surface area contributed by atoms with E-state index in [1.54, 1.807) is 18.2 Å². The molecule has 0 spiro atoms. The van der Waals surface area contributed by atoms with E-state index in [1.165, 1.54) is 17.0 Å². The molecule has 0 bridgehead atoms. The summed E-state index contributed by atoms with van der Waals surface area (Å²) >= 11 is 1.40. The zero-order valence-electron chi connectivity index (χ0n) is 12.2. The maximum atomic E-state index is 12.4. The van der Waals surface area contributed by atoms with Crippen molar-refractivity contribution in [2.75, 3.05) is 12.3 Å². The Kier molecular flexibility index (Phi) is 6.61. The average Bonchev–Trinajstić information content (AvgIpc) is 2.90. The number of benzene rings is 1. The van der Waals surface area contributed by atoms with E-state index in [1.807, 2.05) is 0 Å². The third kappa shape index (κ3) is 4.74. The summed E-state index contributed by atoms with van der Waals surface area (Å²) in [5.41, 5.74) is 0. The summed E-state index contributed by atoms with van der Waals surface area (Å²) in [5.74, 6) is -1.65. The van der Waals surface area contributed by atoms with Crippen molar-refractivity contribution in [1.29, 1.82) is 0 Å². The molecular formula is C14H15NO5Pb2S. The van der Waals surface area contributed by atoms with Crippen LogP contribution < -0.4 is 0 Å². The summed E-state index contributed by atoms with van der Waals surface area (Å²) < 4.78 is 24.8. The van der Waals surface area contributed by atoms with E-state index >= 15 is 0 Å². The number of likely N-dealkylation sites (tertiary alicyclic amines) is 1. The Balaban J connectivity index is 2.16. The molecule has 120 valence electrons. The van der Waals surface area contributed by atoms with Crippen LogP contribution in [0.4, 0.5) is 0 Å². The molecule has 0 aliphatic carbocycles. The van der Waals surface area contributed by atoms with Crippen molar-refractivity contribution in [2.45, 2.75) is 18.4 Å². The van der Waals surface area contributed by atoms with Crippen LogP contribution in [0.2, 0.25) is 1.04 Å². The van der Waals surface area contributed by atoms with Crippen molar-refractivity contribution >= 4 is 73.2 Å². The van der Waals surface area contributed by atoms with E-state index < -0.39 is 21.8 Å². The van der Waals surface area contributed by atoms with Crippen LogP contribution >= 0.6 is 0 Å². The second kappa shape index (κ2) is 7.89. The molecule has 2 unspecified atom stereocenters. The van der Waals surface area contributed by atoms with Gasteiger partial charge in [0.1, 0.15) is 0 Å². The Hall–Kier alpha value is -0.0458. The topological polar surface area (TPSA) is 91.8 Å². The molecule has 6 nitrogen and oxygen atoms in total. The Morgan fingerprint density at radius 3 is 2.39 bits per heavy atom. The SMILES string of the molecule is O=C(O)C1CC(CS(=O)(=O)c2ccccc2)CN1C(=O)[CH]([Pb])[Pb]. The monoisotopic (exact) mass is 725 g/mol. The van der Waals surface area contributed by atoms with Crippen LogP contribution in [0.25, 0.3) is 0 Å². The van der Waals surface area contributed by atoms with Crippen molar-refractivity contribution < 1.29 is 23.1 Å². The minimum absolute atomic E-state index is 0.0404. The quantitative estimate of drug-likeness (QED) is 0.427. The molecule has 0 aromatic heterocycles. The van der Waals surface area contributed by atoms with E-state index in [0.717, 1.165) is 0 Å². The van der Waals surface area contributed by atoms with Gasteiger partial charge in [-0.05, 0) is 0 Å². The number of amides is 1. The number of aliphatic carboxylic acids is 1. The summed E-state index contributed by atoms with van der Waals surface area (Å²) in [4.78, 5) is 25.2. The van der Waals surface area contributed by atoms with Crippen LogP contribution in [0, 0.1) is 5.92 Å².